The average molecular weight is 365 g/mol. The average Bonchev–Trinajstić information content (AvgIpc) is 2.63. The molecule has 0 unspecified atom stereocenters. The lowest BCUT2D eigenvalue weighted by Crippen LogP contribution is -2.14. The van der Waals surface area contributed by atoms with Gasteiger partial charge in [0, 0.05) is 16.5 Å². The Morgan fingerprint density at radius 3 is 2.35 bits per heavy atom. The van der Waals surface area contributed by atoms with E-state index in [9.17, 15) is 14.7 Å². The third-order valence-corrected chi connectivity index (χ3v) is 5.07. The molecular formula is C21H19NO3S. The largest absolute Gasteiger partial charge is 0.506 e. The minimum atomic E-state index is -0.130. The lowest BCUT2D eigenvalue weighted by molar-refractivity contribution is -0.116. The predicted octanol–water partition coefficient (Wildman–Crippen LogP) is 4.41. The number of phenols is 1. The van der Waals surface area contributed by atoms with Gasteiger partial charge in [0.05, 0.1) is 17.1 Å². The summed E-state index contributed by atoms with van der Waals surface area (Å²) >= 11 is 1.26. The number of phenolic OH excluding ortho intramolecular Hbond substituents is 1. The SMILES string of the molecule is CC(=O)CSc1cc(NC(=O)Cc2ccccc2)c2ccccc2c1O. The van der Waals surface area contributed by atoms with Crippen LogP contribution in [0, 0.1) is 0 Å². The molecule has 4 nitrogen and oxygen atoms in total. The van der Waals surface area contributed by atoms with Crippen molar-refractivity contribution in [3.63, 3.8) is 0 Å². The van der Waals surface area contributed by atoms with E-state index in [1.807, 2.05) is 48.5 Å². The smallest absolute Gasteiger partial charge is 0.228 e. The highest BCUT2D eigenvalue weighted by molar-refractivity contribution is 8.00. The molecule has 1 amide bonds. The number of carbonyl (C=O) groups excluding carboxylic acids is 2. The van der Waals surface area contributed by atoms with Crippen molar-refractivity contribution in [2.75, 3.05) is 11.1 Å². The van der Waals surface area contributed by atoms with Gasteiger partial charge in [0.15, 0.2) is 0 Å². The number of ketones is 1. The number of rotatable bonds is 6. The Labute approximate surface area is 156 Å². The Balaban J connectivity index is 1.92. The number of anilines is 1. The Hall–Kier alpha value is -2.79. The van der Waals surface area contributed by atoms with Crippen LogP contribution in [0.15, 0.2) is 65.6 Å². The van der Waals surface area contributed by atoms with Crippen LogP contribution in [0.4, 0.5) is 5.69 Å². The summed E-state index contributed by atoms with van der Waals surface area (Å²) in [6, 6.07) is 18.6. The molecule has 0 atom stereocenters. The summed E-state index contributed by atoms with van der Waals surface area (Å²) in [5.74, 6) is 0.295. The summed E-state index contributed by atoms with van der Waals surface area (Å²) in [4.78, 5) is 24.3. The van der Waals surface area contributed by atoms with Crippen molar-refractivity contribution >= 4 is 39.9 Å². The van der Waals surface area contributed by atoms with Gasteiger partial charge in [-0.2, -0.15) is 0 Å². The zero-order valence-corrected chi connectivity index (χ0v) is 15.2. The van der Waals surface area contributed by atoms with Crippen molar-refractivity contribution < 1.29 is 14.7 Å². The van der Waals surface area contributed by atoms with Crippen molar-refractivity contribution in [2.45, 2.75) is 18.2 Å². The maximum absolute atomic E-state index is 12.5. The van der Waals surface area contributed by atoms with E-state index in [1.165, 1.54) is 18.7 Å². The topological polar surface area (TPSA) is 66.4 Å². The van der Waals surface area contributed by atoms with E-state index in [0.29, 0.717) is 16.0 Å². The van der Waals surface area contributed by atoms with Crippen LogP contribution in [-0.4, -0.2) is 22.5 Å². The maximum Gasteiger partial charge on any atom is 0.228 e. The summed E-state index contributed by atoms with van der Waals surface area (Å²) in [6.45, 7) is 1.51. The van der Waals surface area contributed by atoms with Gasteiger partial charge >= 0.3 is 0 Å². The molecule has 3 rings (SSSR count). The molecule has 0 saturated heterocycles. The van der Waals surface area contributed by atoms with Crippen LogP contribution in [0.1, 0.15) is 12.5 Å². The van der Waals surface area contributed by atoms with Crippen LogP contribution in [0.2, 0.25) is 0 Å². The standard InChI is InChI=1S/C21H19NO3S/c1-14(23)13-26-19-12-18(16-9-5-6-10-17(16)21(19)25)22-20(24)11-15-7-3-2-4-8-15/h2-10,12,25H,11,13H2,1H3,(H,22,24). The second-order valence-electron chi connectivity index (χ2n) is 6.02. The molecule has 0 spiro atoms. The maximum atomic E-state index is 12.5. The summed E-state index contributed by atoms with van der Waals surface area (Å²) in [6.07, 6.45) is 0.270. The van der Waals surface area contributed by atoms with E-state index >= 15 is 0 Å². The number of fused-ring (bicyclic) bond motifs is 1. The number of hydrogen-bond donors (Lipinski definition) is 2. The number of thioether (sulfide) groups is 1. The fourth-order valence-corrected chi connectivity index (χ4v) is 3.51. The minimum absolute atomic E-state index is 0.0252. The number of nitrogens with one attached hydrogen (secondary N) is 1. The van der Waals surface area contributed by atoms with Gasteiger partial charge in [0.25, 0.3) is 0 Å². The van der Waals surface area contributed by atoms with Gasteiger partial charge in [-0.05, 0) is 18.6 Å². The van der Waals surface area contributed by atoms with Crippen LogP contribution >= 0.6 is 11.8 Å². The summed E-state index contributed by atoms with van der Waals surface area (Å²) in [5, 5.41) is 14.9. The molecule has 132 valence electrons. The molecule has 3 aromatic carbocycles. The summed E-state index contributed by atoms with van der Waals surface area (Å²) in [5.41, 5.74) is 1.56. The van der Waals surface area contributed by atoms with Crippen molar-refractivity contribution in [3.8, 4) is 5.75 Å². The van der Waals surface area contributed by atoms with Crippen molar-refractivity contribution in [3.05, 3.63) is 66.2 Å². The third-order valence-electron chi connectivity index (χ3n) is 3.89. The van der Waals surface area contributed by atoms with Crippen molar-refractivity contribution in [1.82, 2.24) is 0 Å². The molecule has 3 aromatic rings. The molecular weight excluding hydrogens is 346 g/mol. The summed E-state index contributed by atoms with van der Waals surface area (Å²) in [7, 11) is 0. The molecule has 0 aliphatic carbocycles. The molecule has 0 aromatic heterocycles. The zero-order chi connectivity index (χ0) is 18.5. The molecule has 0 fully saturated rings. The van der Waals surface area contributed by atoms with Crippen LogP contribution in [0.25, 0.3) is 10.8 Å². The van der Waals surface area contributed by atoms with Gasteiger partial charge in [0.1, 0.15) is 11.5 Å². The molecule has 5 heteroatoms. The molecule has 0 radical (unpaired) electrons. The van der Waals surface area contributed by atoms with Gasteiger partial charge in [0.2, 0.25) is 5.91 Å². The van der Waals surface area contributed by atoms with E-state index in [0.717, 1.165) is 10.9 Å². The Morgan fingerprint density at radius 2 is 1.65 bits per heavy atom. The minimum Gasteiger partial charge on any atom is -0.506 e. The van der Waals surface area contributed by atoms with Crippen molar-refractivity contribution in [1.29, 1.82) is 0 Å². The van der Waals surface area contributed by atoms with Gasteiger partial charge in [-0.1, -0.05) is 54.6 Å². The first-order valence-corrected chi connectivity index (χ1v) is 9.24. The Kier molecular flexibility index (Phi) is 5.58. The number of amides is 1. The highest BCUT2D eigenvalue weighted by atomic mass is 32.2. The van der Waals surface area contributed by atoms with Crippen LogP contribution in [0.5, 0.6) is 5.75 Å². The fraction of sp³-hybridized carbons (Fsp3) is 0.143. The first-order valence-electron chi connectivity index (χ1n) is 8.25. The fourth-order valence-electron chi connectivity index (χ4n) is 2.70. The Bertz CT molecular complexity index is 954. The zero-order valence-electron chi connectivity index (χ0n) is 14.4. The van der Waals surface area contributed by atoms with Crippen LogP contribution < -0.4 is 5.32 Å². The van der Waals surface area contributed by atoms with E-state index in [-0.39, 0.29) is 29.6 Å². The normalized spacial score (nSPS) is 10.7. The Morgan fingerprint density at radius 1 is 1.00 bits per heavy atom. The second-order valence-corrected chi connectivity index (χ2v) is 7.03. The number of carbonyl (C=O) groups is 2. The van der Waals surface area contributed by atoms with E-state index in [2.05, 4.69) is 5.32 Å². The van der Waals surface area contributed by atoms with E-state index in [1.54, 1.807) is 12.1 Å². The van der Waals surface area contributed by atoms with Crippen LogP contribution in [0.3, 0.4) is 0 Å². The monoisotopic (exact) mass is 365 g/mol. The first-order chi connectivity index (χ1) is 12.5. The first kappa shape index (κ1) is 18.0. The van der Waals surface area contributed by atoms with Gasteiger partial charge < -0.3 is 10.4 Å². The van der Waals surface area contributed by atoms with Gasteiger partial charge in [-0.3, -0.25) is 9.59 Å². The lowest BCUT2D eigenvalue weighted by Gasteiger charge is -2.13. The highest BCUT2D eigenvalue weighted by Crippen LogP contribution is 2.39. The van der Waals surface area contributed by atoms with Gasteiger partial charge in [-0.15, -0.1) is 11.8 Å². The molecule has 0 aliphatic heterocycles. The van der Waals surface area contributed by atoms with E-state index in [4.69, 9.17) is 0 Å². The third kappa shape index (κ3) is 4.24. The molecule has 2 N–H and O–H groups in total. The lowest BCUT2D eigenvalue weighted by atomic mass is 10.1. The molecule has 0 heterocycles. The number of Topliss-reactive ketones (excluding diaryl/α,β-unsaturated/α-hetero) is 1. The molecule has 0 bridgehead atoms. The van der Waals surface area contributed by atoms with E-state index < -0.39 is 0 Å². The quantitative estimate of drug-likeness (QED) is 0.502. The molecule has 26 heavy (non-hydrogen) atoms. The highest BCUT2D eigenvalue weighted by Gasteiger charge is 2.14. The predicted molar refractivity (Wildman–Crippen MR) is 106 cm³/mol. The number of hydrogen-bond acceptors (Lipinski definition) is 4. The molecule has 0 aliphatic rings. The summed E-state index contributed by atoms with van der Waals surface area (Å²) < 4.78 is 0. The number of aromatic hydroxyl groups is 1. The van der Waals surface area contributed by atoms with Crippen molar-refractivity contribution in [2.24, 2.45) is 0 Å². The van der Waals surface area contributed by atoms with Gasteiger partial charge in [-0.25, -0.2) is 0 Å². The number of benzene rings is 3. The second kappa shape index (κ2) is 8.06. The molecule has 0 saturated carbocycles. The van der Waals surface area contributed by atoms with Crippen LogP contribution in [-0.2, 0) is 16.0 Å².